The molecule has 446 valence electrons. The van der Waals surface area contributed by atoms with Crippen LogP contribution in [0.25, 0.3) is 78.1 Å². The van der Waals surface area contributed by atoms with Gasteiger partial charge in [-0.05, 0) is 109 Å². The largest absolute Gasteiger partial charge is 2.00 e. The smallest absolute Gasteiger partial charge is 0.657 e. The summed E-state index contributed by atoms with van der Waals surface area (Å²) in [6.07, 6.45) is 12.5. The molecule has 3 aromatic carbocycles. The number of pyridine rings is 3. The Morgan fingerprint density at radius 2 is 0.702 bits per heavy atom. The van der Waals surface area contributed by atoms with Gasteiger partial charge in [0.15, 0.2) is 0 Å². The third-order valence-corrected chi connectivity index (χ3v) is 14.0. The van der Waals surface area contributed by atoms with Gasteiger partial charge < -0.3 is 24.9 Å². The Balaban J connectivity index is 0.000000280. The van der Waals surface area contributed by atoms with E-state index in [0.717, 1.165) is 132 Å². The van der Waals surface area contributed by atoms with Gasteiger partial charge in [0, 0.05) is 104 Å². The normalized spacial score (nSPS) is 11.2. The summed E-state index contributed by atoms with van der Waals surface area (Å²) in [7, 11) is 0. The zero-order valence-electron chi connectivity index (χ0n) is 47.9. The summed E-state index contributed by atoms with van der Waals surface area (Å²) in [5.74, 6) is -2.57. The third kappa shape index (κ3) is 16.8. The number of fused-ring (bicyclic) bond motifs is 8. The second-order valence-corrected chi connectivity index (χ2v) is 18.8. The Morgan fingerprint density at radius 3 is 0.964 bits per heavy atom. The van der Waals surface area contributed by atoms with Crippen LogP contribution in [0.2, 0.25) is 0 Å². The molecule has 0 atom stereocenters. The Bertz CT molecular complexity index is 3460. The van der Waals surface area contributed by atoms with Gasteiger partial charge >= 0.3 is 21.1 Å². The molecule has 0 amide bonds. The first-order valence-electron chi connectivity index (χ1n) is 27.5. The minimum atomic E-state index is -0.649. The molecule has 0 saturated carbocycles. The number of halogens is 4. The van der Waals surface area contributed by atoms with Crippen molar-refractivity contribution in [2.24, 2.45) is 0 Å². The van der Waals surface area contributed by atoms with E-state index in [1.807, 2.05) is 42.5 Å². The van der Waals surface area contributed by atoms with Crippen molar-refractivity contribution in [3.05, 3.63) is 232 Å². The van der Waals surface area contributed by atoms with E-state index < -0.39 is 23.3 Å². The van der Waals surface area contributed by atoms with Crippen molar-refractivity contribution >= 4 is 44.4 Å². The zero-order chi connectivity index (χ0) is 56.7. The summed E-state index contributed by atoms with van der Waals surface area (Å²) in [4.78, 5) is 33.1. The van der Waals surface area contributed by atoms with Crippen molar-refractivity contribution < 1.29 is 101 Å². The van der Waals surface area contributed by atoms with Crippen molar-refractivity contribution in [2.75, 3.05) is 0 Å². The molecule has 15 heteroatoms. The first-order valence-corrected chi connectivity index (χ1v) is 27.5. The van der Waals surface area contributed by atoms with E-state index in [-0.39, 0.29) is 94.1 Å². The van der Waals surface area contributed by atoms with Crippen LogP contribution in [0.5, 0.6) is 0 Å². The first-order chi connectivity index (χ1) is 39.0. The van der Waals surface area contributed by atoms with Crippen molar-refractivity contribution in [1.29, 1.82) is 0 Å². The molecular formula is C69H64F4N7Pd2Pt2-3. The van der Waals surface area contributed by atoms with Crippen LogP contribution in [0.4, 0.5) is 17.6 Å². The Kier molecular flexibility index (Phi) is 28.9. The maximum atomic E-state index is 13.2. The number of rotatable bonds is 11. The Morgan fingerprint density at radius 1 is 0.381 bits per heavy atom. The molecule has 11 rings (SSSR count). The van der Waals surface area contributed by atoms with Gasteiger partial charge in [0.05, 0.1) is 22.8 Å². The maximum Gasteiger partial charge on any atom is 2.00 e. The molecule has 9 aromatic rings. The number of aryl methyl sites for hydroxylation is 4. The molecule has 0 aliphatic carbocycles. The zero-order valence-corrected chi connectivity index (χ0v) is 55.6. The topological polar surface area (TPSA) is 92.7 Å². The molecule has 7 nitrogen and oxygen atoms in total. The SMILES string of the molecule is CCC1=C(CC)c2cc3[n-]c(cc4nc(cc5[n-]c(cc1n2)c(CC)c5CC)C(CC)=C4CC)c(CC)c3CC.Fc1c[c-]c(-c2ccccn2)c(F)c1.Fc1c[c-]c(-c2ccccn2)c(F)c1.[Pd].[Pd].[Pt+2].[Pt].[c-]1ccccc1-c1ccccn1. The number of benzene rings is 3. The van der Waals surface area contributed by atoms with Gasteiger partial charge in [-0.25, -0.2) is 9.97 Å². The molecular weight excluding hydrogens is 1610 g/mol. The molecule has 2 aliphatic heterocycles. The molecule has 8 bridgehead atoms. The van der Waals surface area contributed by atoms with E-state index in [1.54, 1.807) is 55.0 Å². The number of nitrogens with zero attached hydrogens (tertiary/aromatic N) is 7. The summed E-state index contributed by atoms with van der Waals surface area (Å²) in [6.45, 7) is 17.9. The molecule has 0 radical (unpaired) electrons. The van der Waals surface area contributed by atoms with Gasteiger partial charge in [0.1, 0.15) is 0 Å². The van der Waals surface area contributed by atoms with E-state index >= 15 is 0 Å². The molecule has 0 N–H and O–H groups in total. The van der Waals surface area contributed by atoms with E-state index in [0.29, 0.717) is 11.4 Å². The fourth-order valence-electron chi connectivity index (χ4n) is 10.3. The van der Waals surface area contributed by atoms with Crippen LogP contribution in [0.15, 0.2) is 146 Å². The van der Waals surface area contributed by atoms with E-state index in [2.05, 4.69) is 113 Å². The molecule has 2 aliphatic rings. The predicted molar refractivity (Wildman–Crippen MR) is 317 cm³/mol. The predicted octanol–water partition coefficient (Wildman–Crippen LogP) is 17.5. The Hall–Kier alpha value is -5.87. The van der Waals surface area contributed by atoms with Crippen LogP contribution >= 0.6 is 0 Å². The van der Waals surface area contributed by atoms with Crippen LogP contribution in [0, 0.1) is 41.5 Å². The van der Waals surface area contributed by atoms with Crippen molar-refractivity contribution in [3.63, 3.8) is 0 Å². The van der Waals surface area contributed by atoms with Gasteiger partial charge in [-0.1, -0.05) is 162 Å². The average molecular weight is 1670 g/mol. The molecule has 0 saturated heterocycles. The van der Waals surface area contributed by atoms with Crippen molar-refractivity contribution in [2.45, 2.75) is 107 Å². The van der Waals surface area contributed by atoms with E-state index in [1.165, 1.54) is 44.5 Å². The molecule has 8 heterocycles. The van der Waals surface area contributed by atoms with Crippen LogP contribution in [-0.4, -0.2) is 24.9 Å². The van der Waals surface area contributed by atoms with Gasteiger partial charge in [-0.2, -0.15) is 0 Å². The van der Waals surface area contributed by atoms with Crippen molar-refractivity contribution in [3.8, 4) is 33.8 Å². The first kappa shape index (κ1) is 70.6. The van der Waals surface area contributed by atoms with Crippen LogP contribution in [0.3, 0.4) is 0 Å². The minimum absolute atomic E-state index is 0. The van der Waals surface area contributed by atoms with Gasteiger partial charge in [0.2, 0.25) is 0 Å². The van der Waals surface area contributed by atoms with Crippen molar-refractivity contribution in [1.82, 2.24) is 34.9 Å². The summed E-state index contributed by atoms with van der Waals surface area (Å²) in [5.41, 5.74) is 22.4. The number of aromatic nitrogens is 7. The fourth-order valence-corrected chi connectivity index (χ4v) is 10.3. The quantitative estimate of drug-likeness (QED) is 0.0723. The van der Waals surface area contributed by atoms with Crippen LogP contribution in [0.1, 0.15) is 126 Å². The molecule has 84 heavy (non-hydrogen) atoms. The van der Waals surface area contributed by atoms with Gasteiger partial charge in [-0.15, -0.1) is 82.2 Å². The van der Waals surface area contributed by atoms with Crippen LogP contribution < -0.4 is 9.97 Å². The maximum absolute atomic E-state index is 13.2. The summed E-state index contributed by atoms with van der Waals surface area (Å²) in [6, 6.07) is 44.8. The average Bonchev–Trinajstić information content (AvgIpc) is 4.39. The van der Waals surface area contributed by atoms with E-state index in [4.69, 9.17) is 19.9 Å². The van der Waals surface area contributed by atoms with Gasteiger partial charge in [-0.3, -0.25) is 17.6 Å². The molecule has 0 fully saturated rings. The molecule has 6 aromatic heterocycles. The number of hydrogen-bond donors (Lipinski definition) is 0. The standard InChI is InChI=1S/C36H44N4.2C11H6F2N.C11H8N.2Pd.2Pt/c1-9-21-22(10-2)30-18-32-25(13-5)26(14-6)34(39-32)20-36-28(16-8)27(15-7)35(40-36)19-33-24(12-4)23(11-3)31(38-33)17-29(21)37-30;2*12-8-4-5-9(10(13)7-8)11-3-1-2-6-14-11;1-2-6-10(7-3-1)11-8-4-5-9-12-11;;;;/h17-20H,9-16H2,1-8H3;2*1-4,6-7H;1-6,8-9H;;;;/q-2;3*-1;;;;+2. The molecule has 0 spiro atoms. The van der Waals surface area contributed by atoms with Crippen LogP contribution in [-0.2, 0) is 109 Å². The summed E-state index contributed by atoms with van der Waals surface area (Å²) < 4.78 is 51.6. The third-order valence-electron chi connectivity index (χ3n) is 14.0. The number of hydrogen-bond acceptors (Lipinski definition) is 5. The second-order valence-electron chi connectivity index (χ2n) is 18.8. The number of allylic oxidation sites excluding steroid dienone is 4. The fraction of sp³-hybridized carbons (Fsp3) is 0.232. The second kappa shape index (κ2) is 34.3. The summed E-state index contributed by atoms with van der Waals surface area (Å²) in [5, 5.41) is 0. The summed E-state index contributed by atoms with van der Waals surface area (Å²) >= 11 is 0. The minimum Gasteiger partial charge on any atom is -0.657 e. The van der Waals surface area contributed by atoms with Gasteiger partial charge in [0.25, 0.3) is 0 Å². The van der Waals surface area contributed by atoms with E-state index in [9.17, 15) is 17.6 Å². The molecule has 0 unspecified atom stereocenters. The monoisotopic (exact) mass is 1670 g/mol. The Labute approximate surface area is 548 Å².